The Balaban J connectivity index is 2.11. The van der Waals surface area contributed by atoms with Crippen LogP contribution in [0.4, 0.5) is 0 Å². The monoisotopic (exact) mass is 343 g/mol. The van der Waals surface area contributed by atoms with E-state index in [0.29, 0.717) is 5.75 Å². The quantitative estimate of drug-likeness (QED) is 0.825. The summed E-state index contributed by atoms with van der Waals surface area (Å²) in [6, 6.07) is 0. The number of sulfonamides is 1. The van der Waals surface area contributed by atoms with E-state index in [9.17, 15) is 8.42 Å². The molecule has 0 fully saturated rings. The summed E-state index contributed by atoms with van der Waals surface area (Å²) in [6.07, 6.45) is 1.08. The summed E-state index contributed by atoms with van der Waals surface area (Å²) in [5, 5.41) is 8.08. The Hall–Kier alpha value is -1.94. The van der Waals surface area contributed by atoms with Crippen molar-refractivity contribution in [3.63, 3.8) is 0 Å². The predicted molar refractivity (Wildman–Crippen MR) is 82.3 cm³/mol. The fourth-order valence-corrected chi connectivity index (χ4v) is 3.19. The summed E-state index contributed by atoms with van der Waals surface area (Å²) < 4.78 is 37.8. The summed E-state index contributed by atoms with van der Waals surface area (Å²) in [4.78, 5) is 4.19. The van der Waals surface area contributed by atoms with Crippen molar-refractivity contribution < 1.29 is 17.7 Å². The van der Waals surface area contributed by atoms with Crippen molar-refractivity contribution in [2.45, 2.75) is 39.8 Å². The van der Waals surface area contributed by atoms with Gasteiger partial charge in [-0.15, -0.1) is 0 Å². The van der Waals surface area contributed by atoms with Crippen molar-refractivity contribution in [3.05, 3.63) is 23.1 Å². The van der Waals surface area contributed by atoms with Crippen LogP contribution in [0, 0.1) is 13.8 Å². The van der Waals surface area contributed by atoms with Crippen LogP contribution < -0.4 is 9.46 Å². The number of hydrogen-bond acceptors (Lipinski definition) is 7. The lowest BCUT2D eigenvalue weighted by Crippen LogP contribution is -2.41. The van der Waals surface area contributed by atoms with E-state index in [1.807, 2.05) is 20.9 Å². The molecule has 0 aliphatic heterocycles. The maximum atomic E-state index is 11.4. The van der Waals surface area contributed by atoms with E-state index in [4.69, 9.17) is 9.26 Å². The van der Waals surface area contributed by atoms with Crippen molar-refractivity contribution in [2.75, 3.05) is 6.26 Å². The van der Waals surface area contributed by atoms with Gasteiger partial charge in [-0.05, 0) is 27.7 Å². The molecule has 0 atom stereocenters. The minimum Gasteiger partial charge on any atom is -0.480 e. The number of aryl methyl sites for hydroxylation is 2. The molecule has 0 amide bonds. The first-order valence-corrected chi connectivity index (χ1v) is 8.84. The molecule has 128 valence electrons. The van der Waals surface area contributed by atoms with E-state index in [1.54, 1.807) is 18.5 Å². The number of nitrogens with zero attached hydrogens (tertiary/aromatic N) is 4. The van der Waals surface area contributed by atoms with Crippen LogP contribution in [0.2, 0.25) is 0 Å². The van der Waals surface area contributed by atoms with Gasteiger partial charge in [0.2, 0.25) is 10.0 Å². The maximum absolute atomic E-state index is 11.4. The highest BCUT2D eigenvalue weighted by Gasteiger charge is 2.30. The Morgan fingerprint density at radius 2 is 2.00 bits per heavy atom. The largest absolute Gasteiger partial charge is 0.480 e. The minimum atomic E-state index is -3.40. The molecule has 0 saturated heterocycles. The molecule has 2 heterocycles. The van der Waals surface area contributed by atoms with E-state index >= 15 is 0 Å². The number of nitrogens with one attached hydrogen (secondary N) is 1. The van der Waals surface area contributed by atoms with Crippen LogP contribution in [0.5, 0.6) is 5.75 Å². The Labute approximate surface area is 135 Å². The molecule has 0 radical (unpaired) electrons. The molecule has 2 aromatic heterocycles. The Morgan fingerprint density at radius 3 is 2.52 bits per heavy atom. The van der Waals surface area contributed by atoms with Crippen LogP contribution >= 0.6 is 0 Å². The van der Waals surface area contributed by atoms with Gasteiger partial charge in [0.05, 0.1) is 17.5 Å². The fourth-order valence-electron chi connectivity index (χ4n) is 2.17. The van der Waals surface area contributed by atoms with Gasteiger partial charge in [-0.25, -0.2) is 13.1 Å². The molecule has 0 aliphatic carbocycles. The van der Waals surface area contributed by atoms with Crippen molar-refractivity contribution in [3.8, 4) is 5.75 Å². The molecule has 0 aromatic carbocycles. The summed E-state index contributed by atoms with van der Waals surface area (Å²) in [7, 11) is -1.57. The average molecular weight is 343 g/mol. The lowest BCUT2D eigenvalue weighted by molar-refractivity contribution is 0.239. The van der Waals surface area contributed by atoms with Gasteiger partial charge in [-0.2, -0.15) is 10.1 Å². The Morgan fingerprint density at radius 1 is 1.35 bits per heavy atom. The zero-order chi connectivity index (χ0) is 17.4. The molecule has 0 unspecified atom stereocenters. The molecule has 2 rings (SSSR count). The van der Waals surface area contributed by atoms with Crippen molar-refractivity contribution in [1.82, 2.24) is 24.6 Å². The van der Waals surface area contributed by atoms with Gasteiger partial charge in [0.15, 0.2) is 18.2 Å². The van der Waals surface area contributed by atoms with Crippen LogP contribution in [-0.2, 0) is 29.2 Å². The first-order valence-electron chi connectivity index (χ1n) is 6.94. The zero-order valence-corrected chi connectivity index (χ0v) is 14.9. The van der Waals surface area contributed by atoms with Crippen LogP contribution in [0.25, 0.3) is 0 Å². The molecule has 0 bridgehead atoms. The van der Waals surface area contributed by atoms with E-state index in [0.717, 1.165) is 17.6 Å². The van der Waals surface area contributed by atoms with Gasteiger partial charge >= 0.3 is 0 Å². The van der Waals surface area contributed by atoms with E-state index in [2.05, 4.69) is 20.0 Å². The average Bonchev–Trinajstić information content (AvgIpc) is 2.93. The summed E-state index contributed by atoms with van der Waals surface area (Å²) in [6.45, 7) is 7.13. The standard InChI is InChI=1S/C13H21N5O4S/c1-8-11(9(2)18(5)15-8)21-7-10-14-12(16-22-10)13(3,4)17-23(6,19)20/h17H,7H2,1-6H3. The summed E-state index contributed by atoms with van der Waals surface area (Å²) in [5.41, 5.74) is 0.681. The molecule has 0 saturated carbocycles. The van der Waals surface area contributed by atoms with E-state index in [-0.39, 0.29) is 18.3 Å². The third-order valence-electron chi connectivity index (χ3n) is 3.25. The molecule has 1 N–H and O–H groups in total. The molecular weight excluding hydrogens is 322 g/mol. The molecule has 9 nitrogen and oxygen atoms in total. The number of rotatable bonds is 6. The number of hydrogen-bond donors (Lipinski definition) is 1. The topological polar surface area (TPSA) is 112 Å². The van der Waals surface area contributed by atoms with Crippen molar-refractivity contribution in [1.29, 1.82) is 0 Å². The molecule has 0 spiro atoms. The van der Waals surface area contributed by atoms with Gasteiger partial charge in [-0.1, -0.05) is 5.16 Å². The van der Waals surface area contributed by atoms with Crippen molar-refractivity contribution in [2.24, 2.45) is 7.05 Å². The second-order valence-corrected chi connectivity index (χ2v) is 7.67. The highest BCUT2D eigenvalue weighted by atomic mass is 32.2. The van der Waals surface area contributed by atoms with Crippen LogP contribution in [-0.4, -0.2) is 34.6 Å². The molecular formula is C13H21N5O4S. The number of ether oxygens (including phenoxy) is 1. The molecule has 2 aromatic rings. The van der Waals surface area contributed by atoms with Gasteiger partial charge in [0.25, 0.3) is 5.89 Å². The Bertz CT molecular complexity index is 806. The molecule has 0 aliphatic rings. The highest BCUT2D eigenvalue weighted by Crippen LogP contribution is 2.23. The predicted octanol–water partition coefficient (Wildman–Crippen LogP) is 0.783. The van der Waals surface area contributed by atoms with Gasteiger partial charge in [0.1, 0.15) is 5.69 Å². The highest BCUT2D eigenvalue weighted by molar-refractivity contribution is 7.88. The first kappa shape index (κ1) is 17.4. The first-order chi connectivity index (χ1) is 10.5. The van der Waals surface area contributed by atoms with Gasteiger partial charge in [0, 0.05) is 7.05 Å². The lowest BCUT2D eigenvalue weighted by atomic mass is 10.1. The molecule has 23 heavy (non-hydrogen) atoms. The number of aromatic nitrogens is 4. The third kappa shape index (κ3) is 4.08. The summed E-state index contributed by atoms with van der Waals surface area (Å²) in [5.74, 6) is 1.16. The second-order valence-electron chi connectivity index (χ2n) is 5.92. The van der Waals surface area contributed by atoms with Gasteiger partial charge in [-0.3, -0.25) is 4.68 Å². The van der Waals surface area contributed by atoms with E-state index < -0.39 is 15.6 Å². The molecule has 10 heteroatoms. The fraction of sp³-hybridized carbons (Fsp3) is 0.615. The Kier molecular flexibility index (Phi) is 4.49. The van der Waals surface area contributed by atoms with Crippen LogP contribution in [0.15, 0.2) is 4.52 Å². The minimum absolute atomic E-state index is 0.0787. The van der Waals surface area contributed by atoms with Gasteiger partial charge < -0.3 is 9.26 Å². The maximum Gasteiger partial charge on any atom is 0.264 e. The van der Waals surface area contributed by atoms with Crippen LogP contribution in [0.3, 0.4) is 0 Å². The normalized spacial score (nSPS) is 12.6. The smallest absolute Gasteiger partial charge is 0.264 e. The lowest BCUT2D eigenvalue weighted by Gasteiger charge is -2.20. The SMILES string of the molecule is Cc1nn(C)c(C)c1OCc1nc(C(C)(C)NS(C)(=O)=O)no1. The van der Waals surface area contributed by atoms with Crippen LogP contribution in [0.1, 0.15) is 37.0 Å². The zero-order valence-electron chi connectivity index (χ0n) is 14.0. The second kappa shape index (κ2) is 5.93. The third-order valence-corrected chi connectivity index (χ3v) is 4.13. The summed E-state index contributed by atoms with van der Waals surface area (Å²) >= 11 is 0. The van der Waals surface area contributed by atoms with Crippen molar-refractivity contribution >= 4 is 10.0 Å². The van der Waals surface area contributed by atoms with E-state index in [1.165, 1.54) is 0 Å².